The van der Waals surface area contributed by atoms with Gasteiger partial charge in [-0.15, -0.1) is 0 Å². The molecule has 0 aromatic carbocycles. The van der Waals surface area contributed by atoms with Crippen LogP contribution < -0.4 is 5.32 Å². The summed E-state index contributed by atoms with van der Waals surface area (Å²) in [6.07, 6.45) is 5.53. The van der Waals surface area contributed by atoms with Gasteiger partial charge in [0.2, 0.25) is 0 Å². The Kier molecular flexibility index (Phi) is 5.45. The second kappa shape index (κ2) is 6.73. The summed E-state index contributed by atoms with van der Waals surface area (Å²) in [5, 5.41) is 3.42. The van der Waals surface area contributed by atoms with Crippen LogP contribution in [-0.4, -0.2) is 55.8 Å². The first-order valence-corrected chi connectivity index (χ1v) is 9.27. The van der Waals surface area contributed by atoms with Crippen molar-refractivity contribution in [1.29, 1.82) is 0 Å². The average Bonchev–Trinajstić information content (AvgIpc) is 3.21. The van der Waals surface area contributed by atoms with Gasteiger partial charge in [0.05, 0.1) is 0 Å². The molecule has 6 heteroatoms. The molecule has 2 atom stereocenters. The molecule has 20 heavy (non-hydrogen) atoms. The molecule has 2 fully saturated rings. The Hall–Kier alpha value is -0.170. The highest BCUT2D eigenvalue weighted by molar-refractivity contribution is 7.86. The standard InChI is InChI=1S/C14H29N3O2S/c1-12-5-6-13(2)17(11-12)20(18,19)16(3)10-4-9-15-14-7-8-14/h12-15H,4-11H2,1-3H3. The molecule has 0 amide bonds. The van der Waals surface area contributed by atoms with Gasteiger partial charge in [-0.1, -0.05) is 6.92 Å². The summed E-state index contributed by atoms with van der Waals surface area (Å²) >= 11 is 0. The molecule has 2 aliphatic rings. The smallest absolute Gasteiger partial charge is 0.281 e. The fraction of sp³-hybridized carbons (Fsp3) is 1.00. The zero-order chi connectivity index (χ0) is 14.8. The van der Waals surface area contributed by atoms with Gasteiger partial charge in [-0.3, -0.25) is 0 Å². The van der Waals surface area contributed by atoms with E-state index >= 15 is 0 Å². The topological polar surface area (TPSA) is 52.7 Å². The van der Waals surface area contributed by atoms with Crippen LogP contribution in [0.5, 0.6) is 0 Å². The van der Waals surface area contributed by atoms with E-state index < -0.39 is 10.2 Å². The molecule has 1 aliphatic heterocycles. The van der Waals surface area contributed by atoms with Crippen molar-refractivity contribution < 1.29 is 8.42 Å². The minimum atomic E-state index is -3.29. The van der Waals surface area contributed by atoms with Gasteiger partial charge in [0.15, 0.2) is 0 Å². The van der Waals surface area contributed by atoms with E-state index in [9.17, 15) is 8.42 Å². The lowest BCUT2D eigenvalue weighted by atomic mass is 9.97. The number of rotatable bonds is 7. The van der Waals surface area contributed by atoms with Crippen LogP contribution in [0.1, 0.15) is 46.0 Å². The first-order valence-electron chi connectivity index (χ1n) is 7.87. The molecule has 1 heterocycles. The van der Waals surface area contributed by atoms with Crippen LogP contribution in [0.3, 0.4) is 0 Å². The number of nitrogens with zero attached hydrogens (tertiary/aromatic N) is 2. The molecular weight excluding hydrogens is 274 g/mol. The average molecular weight is 303 g/mol. The van der Waals surface area contributed by atoms with Gasteiger partial charge in [-0.25, -0.2) is 0 Å². The lowest BCUT2D eigenvalue weighted by Gasteiger charge is -2.37. The van der Waals surface area contributed by atoms with Crippen LogP contribution in [-0.2, 0) is 10.2 Å². The first-order chi connectivity index (χ1) is 9.41. The summed E-state index contributed by atoms with van der Waals surface area (Å²) in [6, 6.07) is 0.822. The predicted molar refractivity (Wildman–Crippen MR) is 81.8 cm³/mol. The van der Waals surface area contributed by atoms with E-state index in [1.807, 2.05) is 6.92 Å². The largest absolute Gasteiger partial charge is 0.314 e. The Morgan fingerprint density at radius 2 is 1.90 bits per heavy atom. The normalized spacial score (nSPS) is 29.0. The van der Waals surface area contributed by atoms with Crippen LogP contribution in [0, 0.1) is 5.92 Å². The van der Waals surface area contributed by atoms with Gasteiger partial charge in [-0.05, 0) is 51.5 Å². The molecule has 0 aromatic heterocycles. The molecule has 5 nitrogen and oxygen atoms in total. The predicted octanol–water partition coefficient (Wildman–Crippen LogP) is 1.43. The van der Waals surface area contributed by atoms with E-state index in [-0.39, 0.29) is 6.04 Å². The van der Waals surface area contributed by atoms with Crippen molar-refractivity contribution in [3.05, 3.63) is 0 Å². The molecule has 1 aliphatic carbocycles. The van der Waals surface area contributed by atoms with E-state index in [1.54, 1.807) is 11.4 Å². The number of hydrogen-bond donors (Lipinski definition) is 1. The molecule has 0 aromatic rings. The minimum absolute atomic E-state index is 0.128. The summed E-state index contributed by atoms with van der Waals surface area (Å²) in [5.74, 6) is 0.464. The summed E-state index contributed by atoms with van der Waals surface area (Å²) in [4.78, 5) is 0. The third kappa shape index (κ3) is 4.16. The van der Waals surface area contributed by atoms with Crippen molar-refractivity contribution >= 4 is 10.2 Å². The second-order valence-corrected chi connectivity index (χ2v) is 8.50. The van der Waals surface area contributed by atoms with Crippen LogP contribution in [0.4, 0.5) is 0 Å². The summed E-state index contributed by atoms with van der Waals surface area (Å²) in [7, 11) is -1.58. The van der Waals surface area contributed by atoms with Crippen LogP contribution in [0.2, 0.25) is 0 Å². The fourth-order valence-electron chi connectivity index (χ4n) is 2.76. The number of nitrogens with one attached hydrogen (secondary N) is 1. The number of piperidine rings is 1. The Morgan fingerprint density at radius 1 is 1.20 bits per heavy atom. The number of hydrogen-bond acceptors (Lipinski definition) is 3. The molecule has 2 rings (SSSR count). The summed E-state index contributed by atoms with van der Waals surface area (Å²) in [5.41, 5.74) is 0. The molecule has 2 unspecified atom stereocenters. The third-order valence-electron chi connectivity index (χ3n) is 4.41. The first kappa shape index (κ1) is 16.2. The summed E-state index contributed by atoms with van der Waals surface area (Å²) in [6.45, 7) is 6.32. The lowest BCUT2D eigenvalue weighted by Crippen LogP contribution is -2.50. The maximum atomic E-state index is 12.6. The minimum Gasteiger partial charge on any atom is -0.314 e. The molecule has 1 N–H and O–H groups in total. The van der Waals surface area contributed by atoms with Crippen LogP contribution in [0.15, 0.2) is 0 Å². The summed E-state index contributed by atoms with van der Waals surface area (Å²) < 4.78 is 28.4. The maximum absolute atomic E-state index is 12.6. The SMILES string of the molecule is CC1CCC(C)N(S(=O)(=O)N(C)CCCNC2CC2)C1. The molecule has 1 saturated heterocycles. The fourth-order valence-corrected chi connectivity index (χ4v) is 4.48. The highest BCUT2D eigenvalue weighted by atomic mass is 32.2. The van der Waals surface area contributed by atoms with Crippen LogP contribution in [0.25, 0.3) is 0 Å². The highest BCUT2D eigenvalue weighted by Crippen LogP contribution is 2.25. The van der Waals surface area contributed by atoms with Gasteiger partial charge >= 0.3 is 0 Å². The molecule has 0 bridgehead atoms. The van der Waals surface area contributed by atoms with Gasteiger partial charge in [-0.2, -0.15) is 17.0 Å². The Bertz CT molecular complexity index is 409. The van der Waals surface area contributed by atoms with Gasteiger partial charge < -0.3 is 5.32 Å². The molecule has 0 spiro atoms. The molecular formula is C14H29N3O2S. The van der Waals surface area contributed by atoms with E-state index in [2.05, 4.69) is 12.2 Å². The van der Waals surface area contributed by atoms with E-state index in [0.717, 1.165) is 25.8 Å². The second-order valence-electron chi connectivity index (χ2n) is 6.51. The van der Waals surface area contributed by atoms with Crippen LogP contribution >= 0.6 is 0 Å². The van der Waals surface area contributed by atoms with Crippen molar-refractivity contribution in [1.82, 2.24) is 13.9 Å². The quantitative estimate of drug-likeness (QED) is 0.724. The Balaban J connectivity index is 1.83. The van der Waals surface area contributed by atoms with E-state index in [4.69, 9.17) is 0 Å². The van der Waals surface area contributed by atoms with Crippen molar-refractivity contribution in [2.24, 2.45) is 5.92 Å². The molecule has 0 radical (unpaired) electrons. The zero-order valence-corrected chi connectivity index (χ0v) is 13.8. The zero-order valence-electron chi connectivity index (χ0n) is 13.0. The van der Waals surface area contributed by atoms with Crippen molar-refractivity contribution in [3.63, 3.8) is 0 Å². The van der Waals surface area contributed by atoms with E-state index in [1.165, 1.54) is 17.1 Å². The monoisotopic (exact) mass is 303 g/mol. The van der Waals surface area contributed by atoms with Gasteiger partial charge in [0.25, 0.3) is 10.2 Å². The Labute approximate surface area is 123 Å². The van der Waals surface area contributed by atoms with Gasteiger partial charge in [0.1, 0.15) is 0 Å². The van der Waals surface area contributed by atoms with E-state index in [0.29, 0.717) is 25.0 Å². The molecule has 1 saturated carbocycles. The van der Waals surface area contributed by atoms with Crippen molar-refractivity contribution in [3.8, 4) is 0 Å². The van der Waals surface area contributed by atoms with Crippen molar-refractivity contribution in [2.45, 2.75) is 58.0 Å². The third-order valence-corrected chi connectivity index (χ3v) is 6.48. The maximum Gasteiger partial charge on any atom is 0.281 e. The van der Waals surface area contributed by atoms with Gasteiger partial charge in [0, 0.05) is 32.2 Å². The Morgan fingerprint density at radius 3 is 2.55 bits per heavy atom. The highest BCUT2D eigenvalue weighted by Gasteiger charge is 2.34. The lowest BCUT2D eigenvalue weighted by molar-refractivity contribution is 0.205. The molecule has 118 valence electrons. The van der Waals surface area contributed by atoms with Crippen molar-refractivity contribution in [2.75, 3.05) is 26.7 Å².